The topological polar surface area (TPSA) is 46.4 Å². The zero-order valence-electron chi connectivity index (χ0n) is 16.2. The normalized spacial score (nSPS) is 11.1. The first-order valence-electron chi connectivity index (χ1n) is 9.68. The first kappa shape index (κ1) is 19.3. The Labute approximate surface area is 173 Å². The van der Waals surface area contributed by atoms with E-state index in [1.807, 2.05) is 16.0 Å². The fourth-order valence-corrected chi connectivity index (χ4v) is 4.10. The highest BCUT2D eigenvalue weighted by molar-refractivity contribution is 7.15. The molecule has 0 unspecified atom stereocenters. The molecule has 4 nitrogen and oxygen atoms in total. The molecule has 0 aliphatic carbocycles. The first-order valence-corrected chi connectivity index (χ1v) is 10.6. The Balaban J connectivity index is 1.39. The lowest BCUT2D eigenvalue weighted by Gasteiger charge is -2.05. The van der Waals surface area contributed by atoms with Crippen molar-refractivity contribution in [2.45, 2.75) is 26.2 Å². The second-order valence-corrected chi connectivity index (χ2v) is 7.80. The summed E-state index contributed by atoms with van der Waals surface area (Å²) in [5.41, 5.74) is 5.21. The number of hydrogen-bond acceptors (Lipinski definition) is 3. The molecule has 148 valence electrons. The molecule has 2 aromatic carbocycles. The second kappa shape index (κ2) is 8.57. The highest BCUT2D eigenvalue weighted by Gasteiger charge is 2.12. The molecule has 0 aliphatic rings. The monoisotopic (exact) mass is 407 g/mol. The number of amides is 1. The van der Waals surface area contributed by atoms with Gasteiger partial charge in [-0.1, -0.05) is 43.3 Å². The summed E-state index contributed by atoms with van der Waals surface area (Å²) in [5.74, 6) is -0.283. The summed E-state index contributed by atoms with van der Waals surface area (Å²) < 4.78 is 14.9. The fourth-order valence-electron chi connectivity index (χ4n) is 3.23. The molecule has 6 heteroatoms. The number of rotatable bonds is 7. The Bertz CT molecular complexity index is 1110. The number of nitrogens with zero attached hydrogens (tertiary/aromatic N) is 2. The van der Waals surface area contributed by atoms with E-state index in [0.29, 0.717) is 19.4 Å². The van der Waals surface area contributed by atoms with Crippen molar-refractivity contribution in [1.29, 1.82) is 0 Å². The number of imidazole rings is 1. The van der Waals surface area contributed by atoms with Crippen molar-refractivity contribution >= 4 is 22.2 Å². The van der Waals surface area contributed by atoms with E-state index in [2.05, 4.69) is 36.5 Å². The summed E-state index contributed by atoms with van der Waals surface area (Å²) in [4.78, 5) is 17.9. The Kier molecular flexibility index (Phi) is 5.71. The van der Waals surface area contributed by atoms with E-state index in [1.54, 1.807) is 12.1 Å². The maximum absolute atomic E-state index is 12.9. The number of aryl methyl sites for hydroxylation is 1. The molecule has 0 bridgehead atoms. The van der Waals surface area contributed by atoms with Crippen LogP contribution in [-0.4, -0.2) is 21.8 Å². The number of hydrogen-bond donors (Lipinski definition) is 1. The van der Waals surface area contributed by atoms with Crippen LogP contribution in [0.1, 0.15) is 23.7 Å². The van der Waals surface area contributed by atoms with Gasteiger partial charge in [0.25, 0.3) is 0 Å². The van der Waals surface area contributed by atoms with Crippen molar-refractivity contribution in [2.75, 3.05) is 6.54 Å². The van der Waals surface area contributed by atoms with Gasteiger partial charge >= 0.3 is 0 Å². The molecule has 0 fully saturated rings. The van der Waals surface area contributed by atoms with E-state index < -0.39 is 0 Å². The van der Waals surface area contributed by atoms with E-state index in [1.165, 1.54) is 29.0 Å². The molecular weight excluding hydrogens is 385 g/mol. The average molecular weight is 408 g/mol. The zero-order valence-corrected chi connectivity index (χ0v) is 17.0. The summed E-state index contributed by atoms with van der Waals surface area (Å²) in [6.45, 7) is 2.66. The Morgan fingerprint density at radius 2 is 1.83 bits per heavy atom. The molecular formula is C23H22FN3OS. The number of carbonyl (C=O) groups is 1. The van der Waals surface area contributed by atoms with Gasteiger partial charge in [-0.05, 0) is 36.1 Å². The van der Waals surface area contributed by atoms with Gasteiger partial charge in [0.1, 0.15) is 5.82 Å². The van der Waals surface area contributed by atoms with Gasteiger partial charge in [0, 0.05) is 29.4 Å². The number of carbonyl (C=O) groups excluding carboxylic acids is 1. The molecule has 29 heavy (non-hydrogen) atoms. The van der Waals surface area contributed by atoms with Gasteiger partial charge in [0.2, 0.25) is 5.91 Å². The maximum Gasteiger partial charge on any atom is 0.225 e. The largest absolute Gasteiger partial charge is 0.355 e. The Morgan fingerprint density at radius 3 is 2.55 bits per heavy atom. The lowest BCUT2D eigenvalue weighted by molar-refractivity contribution is -0.120. The molecule has 0 saturated carbocycles. The quantitative estimate of drug-likeness (QED) is 0.484. The van der Waals surface area contributed by atoms with Crippen LogP contribution in [0.2, 0.25) is 0 Å². The Morgan fingerprint density at radius 1 is 1.10 bits per heavy atom. The average Bonchev–Trinajstić information content (AvgIpc) is 3.32. The SMILES string of the molecule is CCc1ccc(-c2cn3c(CC(=O)NCCc4ccc(F)cc4)csc3n2)cc1. The highest BCUT2D eigenvalue weighted by atomic mass is 32.1. The predicted octanol–water partition coefficient (Wildman–Crippen LogP) is 4.67. The third kappa shape index (κ3) is 4.54. The van der Waals surface area contributed by atoms with Crippen LogP contribution in [0.4, 0.5) is 4.39 Å². The standard InChI is InChI=1S/C23H22FN3OS/c1-2-16-3-7-18(8-4-16)21-14-27-20(15-29-23(27)26-21)13-22(28)25-12-11-17-5-9-19(24)10-6-17/h3-10,14-15H,2,11-13H2,1H3,(H,25,28). The summed E-state index contributed by atoms with van der Waals surface area (Å²) >= 11 is 1.54. The van der Waals surface area contributed by atoms with Gasteiger partial charge in [-0.15, -0.1) is 11.3 Å². The van der Waals surface area contributed by atoms with E-state index in [-0.39, 0.29) is 11.7 Å². The van der Waals surface area contributed by atoms with Crippen LogP contribution in [0.3, 0.4) is 0 Å². The summed E-state index contributed by atoms with van der Waals surface area (Å²) in [6.07, 6.45) is 3.98. The van der Waals surface area contributed by atoms with Gasteiger partial charge in [0.15, 0.2) is 4.96 Å². The number of thiazole rings is 1. The van der Waals surface area contributed by atoms with Crippen LogP contribution in [0.25, 0.3) is 16.2 Å². The summed E-state index contributed by atoms with van der Waals surface area (Å²) in [7, 11) is 0. The number of fused-ring (bicyclic) bond motifs is 1. The number of halogens is 1. The predicted molar refractivity (Wildman–Crippen MR) is 115 cm³/mol. The van der Waals surface area contributed by atoms with Gasteiger partial charge < -0.3 is 5.32 Å². The highest BCUT2D eigenvalue weighted by Crippen LogP contribution is 2.24. The molecule has 0 radical (unpaired) electrons. The van der Waals surface area contributed by atoms with Crippen LogP contribution in [0.15, 0.2) is 60.1 Å². The third-order valence-electron chi connectivity index (χ3n) is 4.93. The molecule has 2 aromatic heterocycles. The van der Waals surface area contributed by atoms with Crippen LogP contribution < -0.4 is 5.32 Å². The number of benzene rings is 2. The van der Waals surface area contributed by atoms with Crippen molar-refractivity contribution in [2.24, 2.45) is 0 Å². The minimum absolute atomic E-state index is 0.0330. The van der Waals surface area contributed by atoms with Gasteiger partial charge in [-0.3, -0.25) is 9.20 Å². The molecule has 0 atom stereocenters. The van der Waals surface area contributed by atoms with Gasteiger partial charge in [-0.25, -0.2) is 9.37 Å². The number of aromatic nitrogens is 2. The van der Waals surface area contributed by atoms with Crippen LogP contribution >= 0.6 is 11.3 Å². The van der Waals surface area contributed by atoms with Crippen molar-refractivity contribution in [3.63, 3.8) is 0 Å². The van der Waals surface area contributed by atoms with Crippen LogP contribution in [0, 0.1) is 5.82 Å². The summed E-state index contributed by atoms with van der Waals surface area (Å²) in [5, 5.41) is 4.92. The molecule has 0 aliphatic heterocycles. The zero-order chi connectivity index (χ0) is 20.2. The van der Waals surface area contributed by atoms with Gasteiger partial charge in [0.05, 0.1) is 12.1 Å². The van der Waals surface area contributed by atoms with Crippen LogP contribution in [-0.2, 0) is 24.1 Å². The third-order valence-corrected chi connectivity index (χ3v) is 5.82. The van der Waals surface area contributed by atoms with Crippen LogP contribution in [0.5, 0.6) is 0 Å². The van der Waals surface area contributed by atoms with Crippen molar-refractivity contribution in [3.8, 4) is 11.3 Å². The molecule has 4 rings (SSSR count). The molecule has 0 spiro atoms. The van der Waals surface area contributed by atoms with E-state index in [4.69, 9.17) is 4.98 Å². The van der Waals surface area contributed by atoms with Gasteiger partial charge in [-0.2, -0.15) is 0 Å². The Hall–Kier alpha value is -2.99. The lowest BCUT2D eigenvalue weighted by atomic mass is 10.1. The number of nitrogens with one attached hydrogen (secondary N) is 1. The van der Waals surface area contributed by atoms with Crippen molar-refractivity contribution < 1.29 is 9.18 Å². The summed E-state index contributed by atoms with van der Waals surface area (Å²) in [6, 6.07) is 14.8. The smallest absolute Gasteiger partial charge is 0.225 e. The molecule has 4 aromatic rings. The molecule has 1 N–H and O–H groups in total. The maximum atomic E-state index is 12.9. The van der Waals surface area contributed by atoms with Crippen molar-refractivity contribution in [3.05, 3.63) is 82.7 Å². The van der Waals surface area contributed by atoms with E-state index >= 15 is 0 Å². The minimum atomic E-state index is -0.250. The molecule has 2 heterocycles. The fraction of sp³-hybridized carbons (Fsp3) is 0.217. The molecule has 0 saturated heterocycles. The second-order valence-electron chi connectivity index (χ2n) is 6.96. The van der Waals surface area contributed by atoms with E-state index in [9.17, 15) is 9.18 Å². The lowest BCUT2D eigenvalue weighted by Crippen LogP contribution is -2.27. The van der Waals surface area contributed by atoms with Crippen molar-refractivity contribution in [1.82, 2.24) is 14.7 Å². The first-order chi connectivity index (χ1) is 14.1. The van der Waals surface area contributed by atoms with E-state index in [0.717, 1.165) is 33.9 Å². The molecule has 1 amide bonds. The minimum Gasteiger partial charge on any atom is -0.355 e.